The molecular formula is C22H30N2OS. The van der Waals surface area contributed by atoms with Crippen LogP contribution in [0.5, 0.6) is 0 Å². The van der Waals surface area contributed by atoms with Gasteiger partial charge in [0.1, 0.15) is 0 Å². The molecule has 4 heteroatoms. The van der Waals surface area contributed by atoms with Gasteiger partial charge in [-0.15, -0.1) is 0 Å². The standard InChI is InChI=1S/C22H30N2OS/c1-14(2)19(23-26-22-16(4)11-15(3)12-17(22)5)13-24-10-9-18-20(24)7-6-8-21(18)25/h9-12,14,19,23H,6-8,13H2,1-5H3. The zero-order chi connectivity index (χ0) is 18.8. The van der Waals surface area contributed by atoms with Crippen LogP contribution in [0.25, 0.3) is 0 Å². The lowest BCUT2D eigenvalue weighted by molar-refractivity contribution is 0.0971. The molecule has 1 atom stereocenters. The number of fused-ring (bicyclic) bond motifs is 1. The number of Topliss-reactive ketones (excluding diaryl/α,β-unsaturated/α-hetero) is 1. The predicted octanol–water partition coefficient (Wildman–Crippen LogP) is 5.25. The Bertz CT molecular complexity index is 783. The summed E-state index contributed by atoms with van der Waals surface area (Å²) in [5.74, 6) is 0.810. The van der Waals surface area contributed by atoms with Crippen molar-refractivity contribution < 1.29 is 4.79 Å². The number of rotatable bonds is 6. The Morgan fingerprint density at radius 3 is 2.50 bits per heavy atom. The highest BCUT2D eigenvalue weighted by Gasteiger charge is 2.23. The van der Waals surface area contributed by atoms with Gasteiger partial charge >= 0.3 is 0 Å². The summed E-state index contributed by atoms with van der Waals surface area (Å²) >= 11 is 1.75. The maximum absolute atomic E-state index is 12.1. The monoisotopic (exact) mass is 370 g/mol. The summed E-state index contributed by atoms with van der Waals surface area (Å²) in [7, 11) is 0. The summed E-state index contributed by atoms with van der Waals surface area (Å²) in [6.07, 6.45) is 4.79. The number of nitrogens with one attached hydrogen (secondary N) is 1. The number of benzene rings is 1. The van der Waals surface area contributed by atoms with Gasteiger partial charge in [-0.05, 0) is 68.7 Å². The molecule has 1 aliphatic rings. The second-order valence-corrected chi connectivity index (χ2v) is 8.75. The molecule has 3 nitrogen and oxygen atoms in total. The molecule has 0 fully saturated rings. The maximum atomic E-state index is 12.1. The summed E-state index contributed by atoms with van der Waals surface area (Å²) in [6, 6.07) is 6.84. The maximum Gasteiger partial charge on any atom is 0.164 e. The molecule has 1 aliphatic carbocycles. The van der Waals surface area contributed by atoms with Crippen LogP contribution in [0, 0.1) is 26.7 Å². The van der Waals surface area contributed by atoms with E-state index in [9.17, 15) is 4.79 Å². The lowest BCUT2D eigenvalue weighted by Gasteiger charge is -2.25. The molecule has 140 valence electrons. The van der Waals surface area contributed by atoms with E-state index in [-0.39, 0.29) is 0 Å². The zero-order valence-electron chi connectivity index (χ0n) is 16.6. The quantitative estimate of drug-likeness (QED) is 0.705. The van der Waals surface area contributed by atoms with Gasteiger partial charge < -0.3 is 4.57 Å². The molecule has 1 heterocycles. The van der Waals surface area contributed by atoms with Crippen molar-refractivity contribution in [3.63, 3.8) is 0 Å². The first-order valence-corrected chi connectivity index (χ1v) is 10.4. The Morgan fingerprint density at radius 2 is 1.85 bits per heavy atom. The average molecular weight is 371 g/mol. The lowest BCUT2D eigenvalue weighted by atomic mass is 9.96. The molecule has 0 saturated carbocycles. The minimum atomic E-state index is 0.305. The third-order valence-corrected chi connectivity index (χ3v) is 6.58. The number of aryl methyl sites for hydroxylation is 3. The van der Waals surface area contributed by atoms with E-state index in [0.29, 0.717) is 24.2 Å². The second kappa shape index (κ2) is 8.01. The normalized spacial score (nSPS) is 15.4. The highest BCUT2D eigenvalue weighted by Crippen LogP contribution is 2.28. The van der Waals surface area contributed by atoms with E-state index in [1.54, 1.807) is 11.9 Å². The smallest absolute Gasteiger partial charge is 0.164 e. The fourth-order valence-electron chi connectivity index (χ4n) is 3.82. The van der Waals surface area contributed by atoms with E-state index in [0.717, 1.165) is 24.9 Å². The van der Waals surface area contributed by atoms with Crippen LogP contribution in [0.15, 0.2) is 29.3 Å². The molecule has 26 heavy (non-hydrogen) atoms. The Morgan fingerprint density at radius 1 is 1.15 bits per heavy atom. The number of hydrogen-bond donors (Lipinski definition) is 1. The third-order valence-electron chi connectivity index (χ3n) is 5.31. The van der Waals surface area contributed by atoms with E-state index >= 15 is 0 Å². The van der Waals surface area contributed by atoms with Crippen LogP contribution in [0.3, 0.4) is 0 Å². The molecular weight excluding hydrogens is 340 g/mol. The fourth-order valence-corrected chi connectivity index (χ4v) is 4.87. The van der Waals surface area contributed by atoms with Crippen LogP contribution in [-0.4, -0.2) is 16.4 Å². The zero-order valence-corrected chi connectivity index (χ0v) is 17.4. The second-order valence-electron chi connectivity index (χ2n) is 7.90. The van der Waals surface area contributed by atoms with Crippen molar-refractivity contribution in [2.45, 2.75) is 71.4 Å². The van der Waals surface area contributed by atoms with Crippen LogP contribution in [0.1, 0.15) is 59.4 Å². The van der Waals surface area contributed by atoms with Gasteiger partial charge in [0.25, 0.3) is 0 Å². The van der Waals surface area contributed by atoms with Gasteiger partial charge in [0.05, 0.1) is 0 Å². The summed E-state index contributed by atoms with van der Waals surface area (Å²) in [6.45, 7) is 11.9. The Hall–Kier alpha value is -1.52. The van der Waals surface area contributed by atoms with E-state index in [4.69, 9.17) is 0 Å². The lowest BCUT2D eigenvalue weighted by Crippen LogP contribution is -2.34. The molecule has 1 N–H and O–H groups in total. The predicted molar refractivity (Wildman–Crippen MR) is 110 cm³/mol. The molecule has 1 aromatic heterocycles. The van der Waals surface area contributed by atoms with Crippen molar-refractivity contribution in [1.82, 2.24) is 9.29 Å². The SMILES string of the molecule is Cc1cc(C)c(SNC(Cn2ccc3c2CCCC3=O)C(C)C)c(C)c1. The summed E-state index contributed by atoms with van der Waals surface area (Å²) in [5.41, 5.74) is 6.13. The minimum Gasteiger partial charge on any atom is -0.349 e. The topological polar surface area (TPSA) is 34.0 Å². The number of carbonyl (C=O) groups is 1. The van der Waals surface area contributed by atoms with E-state index in [1.165, 1.54) is 27.3 Å². The van der Waals surface area contributed by atoms with Crippen LogP contribution in [0.2, 0.25) is 0 Å². The Balaban J connectivity index is 1.74. The highest BCUT2D eigenvalue weighted by atomic mass is 32.2. The summed E-state index contributed by atoms with van der Waals surface area (Å²) in [5, 5.41) is 0. The van der Waals surface area contributed by atoms with Gasteiger partial charge in [0, 0.05) is 41.4 Å². The number of nitrogens with zero attached hydrogens (tertiary/aromatic N) is 1. The van der Waals surface area contributed by atoms with Crippen molar-refractivity contribution in [1.29, 1.82) is 0 Å². The molecule has 3 rings (SSSR count). The average Bonchev–Trinajstić information content (AvgIpc) is 2.97. The van der Waals surface area contributed by atoms with Crippen LogP contribution in [0.4, 0.5) is 0 Å². The van der Waals surface area contributed by atoms with E-state index < -0.39 is 0 Å². The van der Waals surface area contributed by atoms with Gasteiger partial charge in [0.15, 0.2) is 5.78 Å². The number of hydrogen-bond acceptors (Lipinski definition) is 3. The molecule has 0 radical (unpaired) electrons. The van der Waals surface area contributed by atoms with Crippen LogP contribution >= 0.6 is 11.9 Å². The van der Waals surface area contributed by atoms with Crippen molar-refractivity contribution in [3.8, 4) is 0 Å². The van der Waals surface area contributed by atoms with E-state index in [2.05, 4.69) is 62.2 Å². The molecule has 0 saturated heterocycles. The van der Waals surface area contributed by atoms with Gasteiger partial charge in [-0.1, -0.05) is 31.5 Å². The van der Waals surface area contributed by atoms with Crippen molar-refractivity contribution >= 4 is 17.7 Å². The number of carbonyl (C=O) groups excluding carboxylic acids is 1. The molecule has 2 aromatic rings. The molecule has 0 aliphatic heterocycles. The van der Waals surface area contributed by atoms with Crippen molar-refractivity contribution in [2.24, 2.45) is 5.92 Å². The molecule has 0 spiro atoms. The first-order chi connectivity index (χ1) is 12.4. The summed E-state index contributed by atoms with van der Waals surface area (Å²) in [4.78, 5) is 13.4. The van der Waals surface area contributed by atoms with Gasteiger partial charge in [-0.2, -0.15) is 0 Å². The highest BCUT2D eigenvalue weighted by molar-refractivity contribution is 7.97. The van der Waals surface area contributed by atoms with Gasteiger partial charge in [-0.25, -0.2) is 0 Å². The molecule has 0 bridgehead atoms. The first-order valence-electron chi connectivity index (χ1n) is 9.58. The Labute approximate surface area is 161 Å². The minimum absolute atomic E-state index is 0.305. The molecule has 0 amide bonds. The van der Waals surface area contributed by atoms with Crippen LogP contribution in [-0.2, 0) is 13.0 Å². The van der Waals surface area contributed by atoms with Gasteiger partial charge in [0.2, 0.25) is 0 Å². The molecule has 1 aromatic carbocycles. The van der Waals surface area contributed by atoms with Gasteiger partial charge in [-0.3, -0.25) is 9.52 Å². The van der Waals surface area contributed by atoms with Crippen LogP contribution < -0.4 is 4.72 Å². The first kappa shape index (κ1) is 19.2. The van der Waals surface area contributed by atoms with Crippen molar-refractivity contribution in [2.75, 3.05) is 0 Å². The number of ketones is 1. The largest absolute Gasteiger partial charge is 0.349 e. The fraction of sp³-hybridized carbons (Fsp3) is 0.500. The van der Waals surface area contributed by atoms with E-state index in [1.807, 2.05) is 6.07 Å². The third kappa shape index (κ3) is 4.07. The molecule has 1 unspecified atom stereocenters. The Kier molecular flexibility index (Phi) is 5.93. The number of aromatic nitrogens is 1. The summed E-state index contributed by atoms with van der Waals surface area (Å²) < 4.78 is 5.99. The van der Waals surface area contributed by atoms with Crippen molar-refractivity contribution in [3.05, 3.63) is 52.3 Å².